The molecule has 0 fully saturated rings. The zero-order chi connectivity index (χ0) is 10.0. The second-order valence-electron chi connectivity index (χ2n) is 2.59. The number of amides is 2. The molecule has 0 aliphatic carbocycles. The summed E-state index contributed by atoms with van der Waals surface area (Å²) >= 11 is 3.12. The normalized spacial score (nSPS) is 9.77. The van der Waals surface area contributed by atoms with Gasteiger partial charge in [0.05, 0.1) is 5.69 Å². The summed E-state index contributed by atoms with van der Waals surface area (Å²) in [4.78, 5) is 10.5. The number of hydrogen-bond acceptors (Lipinski definition) is 1. The van der Waals surface area contributed by atoms with Gasteiger partial charge in [0, 0.05) is 4.47 Å². The Balaban J connectivity index is 3.13. The van der Waals surface area contributed by atoms with Crippen molar-refractivity contribution in [3.8, 4) is 0 Å². The van der Waals surface area contributed by atoms with Crippen LogP contribution in [0.5, 0.6) is 0 Å². The molecular weight excluding hydrogens is 239 g/mol. The summed E-state index contributed by atoms with van der Waals surface area (Å²) in [6, 6.07) is 2.22. The monoisotopic (exact) mass is 246 g/mol. The Labute approximate surface area is 83.2 Å². The predicted molar refractivity (Wildman–Crippen MR) is 52.0 cm³/mol. The van der Waals surface area contributed by atoms with E-state index in [1.165, 1.54) is 6.07 Å². The fourth-order valence-corrected chi connectivity index (χ4v) is 1.59. The average molecular weight is 247 g/mol. The highest BCUT2D eigenvalue weighted by Gasteiger charge is 2.08. The van der Waals surface area contributed by atoms with Crippen LogP contribution in [0.25, 0.3) is 0 Å². The number of halogens is 2. The summed E-state index contributed by atoms with van der Waals surface area (Å²) in [6.45, 7) is 1.75. The molecule has 1 aromatic carbocycles. The molecule has 0 unspecified atom stereocenters. The van der Waals surface area contributed by atoms with Crippen LogP contribution in [-0.2, 0) is 0 Å². The van der Waals surface area contributed by atoms with E-state index in [0.29, 0.717) is 4.47 Å². The van der Waals surface area contributed by atoms with Gasteiger partial charge in [0.15, 0.2) is 0 Å². The highest BCUT2D eigenvalue weighted by Crippen LogP contribution is 2.26. The minimum atomic E-state index is -0.788. The van der Waals surface area contributed by atoms with Crippen molar-refractivity contribution >= 4 is 27.6 Å². The van der Waals surface area contributed by atoms with Crippen LogP contribution in [0.15, 0.2) is 16.6 Å². The van der Waals surface area contributed by atoms with E-state index in [0.717, 1.165) is 5.56 Å². The molecule has 0 aliphatic heterocycles. The first-order valence-electron chi connectivity index (χ1n) is 3.53. The van der Waals surface area contributed by atoms with Crippen molar-refractivity contribution in [2.75, 3.05) is 5.32 Å². The van der Waals surface area contributed by atoms with Crippen LogP contribution < -0.4 is 11.1 Å². The highest BCUT2D eigenvalue weighted by atomic mass is 79.9. The zero-order valence-electron chi connectivity index (χ0n) is 6.90. The van der Waals surface area contributed by atoms with Crippen LogP contribution in [-0.4, -0.2) is 6.03 Å². The molecule has 70 valence electrons. The minimum absolute atomic E-state index is 0.0677. The molecule has 0 aliphatic rings. The van der Waals surface area contributed by atoms with E-state index in [9.17, 15) is 9.18 Å². The summed E-state index contributed by atoms with van der Waals surface area (Å²) in [5, 5.41) is 2.19. The highest BCUT2D eigenvalue weighted by molar-refractivity contribution is 9.10. The third-order valence-electron chi connectivity index (χ3n) is 1.43. The number of aryl methyl sites for hydroxylation is 1. The van der Waals surface area contributed by atoms with Crippen molar-refractivity contribution in [1.82, 2.24) is 0 Å². The summed E-state index contributed by atoms with van der Waals surface area (Å²) < 4.78 is 13.6. The second-order valence-corrected chi connectivity index (χ2v) is 3.45. The van der Waals surface area contributed by atoms with Crippen molar-refractivity contribution in [1.29, 1.82) is 0 Å². The molecule has 0 heterocycles. The molecule has 0 saturated carbocycles. The van der Waals surface area contributed by atoms with Crippen LogP contribution >= 0.6 is 15.9 Å². The maximum absolute atomic E-state index is 13.2. The van der Waals surface area contributed by atoms with Gasteiger partial charge in [-0.2, -0.15) is 0 Å². The molecule has 0 saturated heterocycles. The van der Waals surface area contributed by atoms with Gasteiger partial charge in [-0.25, -0.2) is 9.18 Å². The van der Waals surface area contributed by atoms with Gasteiger partial charge in [0.1, 0.15) is 5.82 Å². The van der Waals surface area contributed by atoms with Crippen LogP contribution in [0.2, 0.25) is 0 Å². The first-order valence-corrected chi connectivity index (χ1v) is 4.32. The number of benzene rings is 1. The molecule has 0 aromatic heterocycles. The Morgan fingerprint density at radius 2 is 2.23 bits per heavy atom. The van der Waals surface area contributed by atoms with Gasteiger partial charge < -0.3 is 11.1 Å². The summed E-state index contributed by atoms with van der Waals surface area (Å²) in [6.07, 6.45) is 0. The fourth-order valence-electron chi connectivity index (χ4n) is 0.942. The lowest BCUT2D eigenvalue weighted by atomic mass is 10.2. The maximum atomic E-state index is 13.2. The van der Waals surface area contributed by atoms with Gasteiger partial charge in [-0.3, -0.25) is 0 Å². The molecule has 1 aromatic rings. The lowest BCUT2D eigenvalue weighted by Gasteiger charge is -2.06. The number of anilines is 1. The maximum Gasteiger partial charge on any atom is 0.316 e. The molecule has 1 rings (SSSR count). The van der Waals surface area contributed by atoms with Crippen LogP contribution in [0, 0.1) is 12.7 Å². The van der Waals surface area contributed by atoms with Crippen molar-refractivity contribution in [2.24, 2.45) is 5.73 Å². The second kappa shape index (κ2) is 3.74. The van der Waals surface area contributed by atoms with Gasteiger partial charge in [-0.05, 0) is 40.5 Å². The molecule has 0 spiro atoms. The Hall–Kier alpha value is -1.10. The van der Waals surface area contributed by atoms with E-state index in [2.05, 4.69) is 21.2 Å². The van der Waals surface area contributed by atoms with Crippen molar-refractivity contribution < 1.29 is 9.18 Å². The van der Waals surface area contributed by atoms with Crippen LogP contribution in [0.3, 0.4) is 0 Å². The quantitative estimate of drug-likeness (QED) is 0.786. The number of hydrogen-bond donors (Lipinski definition) is 2. The van der Waals surface area contributed by atoms with Crippen molar-refractivity contribution in [3.05, 3.63) is 28.0 Å². The SMILES string of the molecule is Cc1cc(F)c(NC(N)=O)c(Br)c1. The van der Waals surface area contributed by atoms with E-state index in [4.69, 9.17) is 5.73 Å². The molecule has 5 heteroatoms. The largest absolute Gasteiger partial charge is 0.351 e. The standard InChI is InChI=1S/C8H8BrFN2O/c1-4-2-5(9)7(6(10)3-4)12-8(11)13/h2-3H,1H3,(H3,11,12,13). The fraction of sp³-hybridized carbons (Fsp3) is 0.125. The van der Waals surface area contributed by atoms with Crippen LogP contribution in [0.4, 0.5) is 14.9 Å². The Kier molecular flexibility index (Phi) is 2.87. The first kappa shape index (κ1) is 9.98. The number of nitrogens with one attached hydrogen (secondary N) is 1. The van der Waals surface area contributed by atoms with E-state index >= 15 is 0 Å². The van der Waals surface area contributed by atoms with Crippen molar-refractivity contribution in [2.45, 2.75) is 6.92 Å². The lowest BCUT2D eigenvalue weighted by molar-refractivity contribution is 0.259. The Morgan fingerprint density at radius 1 is 1.62 bits per heavy atom. The molecular formula is C8H8BrFN2O. The van der Waals surface area contributed by atoms with Crippen LogP contribution in [0.1, 0.15) is 5.56 Å². The number of carbonyl (C=O) groups excluding carboxylic acids is 1. The zero-order valence-corrected chi connectivity index (χ0v) is 8.48. The Morgan fingerprint density at radius 3 is 2.69 bits per heavy atom. The third kappa shape index (κ3) is 2.42. The molecule has 2 amide bonds. The number of nitrogens with two attached hydrogens (primary N) is 1. The van der Waals surface area contributed by atoms with E-state index in [1.54, 1.807) is 13.0 Å². The molecule has 3 N–H and O–H groups in total. The summed E-state index contributed by atoms with van der Waals surface area (Å²) in [7, 11) is 0. The molecule has 3 nitrogen and oxygen atoms in total. The number of urea groups is 1. The third-order valence-corrected chi connectivity index (χ3v) is 2.06. The average Bonchev–Trinajstić information content (AvgIpc) is 1.96. The molecule has 0 radical (unpaired) electrons. The summed E-state index contributed by atoms with van der Waals surface area (Å²) in [5.41, 5.74) is 5.69. The van der Waals surface area contributed by atoms with Gasteiger partial charge in [-0.1, -0.05) is 0 Å². The van der Waals surface area contributed by atoms with Gasteiger partial charge in [-0.15, -0.1) is 0 Å². The lowest BCUT2D eigenvalue weighted by Crippen LogP contribution is -2.20. The number of carbonyl (C=O) groups is 1. The predicted octanol–water partition coefficient (Wildman–Crippen LogP) is 2.39. The van der Waals surface area contributed by atoms with E-state index in [1.807, 2.05) is 0 Å². The molecule has 13 heavy (non-hydrogen) atoms. The molecule has 0 bridgehead atoms. The summed E-state index contributed by atoms with van der Waals surface area (Å²) in [5.74, 6) is -0.509. The first-order chi connectivity index (χ1) is 6.00. The van der Waals surface area contributed by atoms with Gasteiger partial charge in [0.2, 0.25) is 0 Å². The van der Waals surface area contributed by atoms with E-state index in [-0.39, 0.29) is 5.69 Å². The molecule has 0 atom stereocenters. The van der Waals surface area contributed by atoms with E-state index < -0.39 is 11.8 Å². The number of primary amides is 1. The topological polar surface area (TPSA) is 55.1 Å². The minimum Gasteiger partial charge on any atom is -0.351 e. The van der Waals surface area contributed by atoms with Gasteiger partial charge >= 0.3 is 6.03 Å². The Bertz CT molecular complexity index is 331. The smallest absolute Gasteiger partial charge is 0.316 e. The van der Waals surface area contributed by atoms with Crippen molar-refractivity contribution in [3.63, 3.8) is 0 Å². The number of rotatable bonds is 1. The van der Waals surface area contributed by atoms with Gasteiger partial charge in [0.25, 0.3) is 0 Å².